The minimum Gasteiger partial charge on any atom is -0.481 e. The Morgan fingerprint density at radius 1 is 1.03 bits per heavy atom. The lowest BCUT2D eigenvalue weighted by Gasteiger charge is -2.25. The number of carboxylic acids is 2. The number of hydrogen-bond donors (Lipinski definition) is 7. The molecule has 1 heterocycles. The molecule has 4 unspecified atom stereocenters. The Labute approximate surface area is 207 Å². The number of H-pyrrole nitrogens is 1. The Kier molecular flexibility index (Phi) is 12.8. The third-order valence-corrected chi connectivity index (χ3v) is 5.55. The molecule has 1 aromatic rings. The molecule has 3 amide bonds. The molecule has 1 aromatic heterocycles. The number of carboxylic acid groups (broad SMARTS) is 2. The van der Waals surface area contributed by atoms with Gasteiger partial charge in [0.1, 0.15) is 18.1 Å². The van der Waals surface area contributed by atoms with Crippen LogP contribution in [0.3, 0.4) is 0 Å². The molecule has 0 aromatic carbocycles. The van der Waals surface area contributed by atoms with Crippen LogP contribution < -0.4 is 21.7 Å². The van der Waals surface area contributed by atoms with Gasteiger partial charge in [-0.3, -0.25) is 19.2 Å². The van der Waals surface area contributed by atoms with Crippen LogP contribution in [0.25, 0.3) is 0 Å². The Morgan fingerprint density at radius 3 is 2.14 bits per heavy atom. The van der Waals surface area contributed by atoms with Crippen molar-refractivity contribution in [1.82, 2.24) is 25.9 Å². The number of nitrogens with two attached hydrogens (primary N) is 1. The van der Waals surface area contributed by atoms with Gasteiger partial charge in [0.2, 0.25) is 17.7 Å². The minimum atomic E-state index is -1.38. The van der Waals surface area contributed by atoms with Gasteiger partial charge in [-0.1, -0.05) is 13.8 Å². The van der Waals surface area contributed by atoms with Gasteiger partial charge >= 0.3 is 11.9 Å². The van der Waals surface area contributed by atoms with Gasteiger partial charge in [-0.25, -0.2) is 9.78 Å². The van der Waals surface area contributed by atoms with Crippen molar-refractivity contribution in [2.75, 3.05) is 12.0 Å². The molecule has 8 N–H and O–H groups in total. The second-order valence-electron chi connectivity index (χ2n) is 8.42. The number of nitrogens with one attached hydrogen (secondary N) is 4. The molecule has 0 saturated carbocycles. The standard InChI is InChI=1S/C21H34N6O7S/c1-11(2)6-16(21(33)34)27-19(31)14(4-5-35-3)25-20(32)15(7-12-9-23-10-24-12)26-18(30)13(22)8-17(28)29/h9-11,13-16H,4-8,22H2,1-3H3,(H,23,24)(H,25,32)(H,26,30)(H,27,31)(H,28,29)(H,33,34). The fraction of sp³-hybridized carbons (Fsp3) is 0.619. The average molecular weight is 515 g/mol. The van der Waals surface area contributed by atoms with E-state index in [-0.39, 0.29) is 25.2 Å². The molecule has 0 radical (unpaired) electrons. The second kappa shape index (κ2) is 15.0. The summed E-state index contributed by atoms with van der Waals surface area (Å²) < 4.78 is 0. The maximum absolute atomic E-state index is 13.1. The van der Waals surface area contributed by atoms with Crippen molar-refractivity contribution in [3.63, 3.8) is 0 Å². The molecular weight excluding hydrogens is 480 g/mol. The first-order chi connectivity index (χ1) is 16.4. The number of rotatable bonds is 16. The van der Waals surface area contributed by atoms with E-state index in [4.69, 9.17) is 10.8 Å². The fourth-order valence-corrected chi connectivity index (χ4v) is 3.60. The van der Waals surface area contributed by atoms with Crippen molar-refractivity contribution >= 4 is 41.4 Å². The highest BCUT2D eigenvalue weighted by atomic mass is 32.2. The highest BCUT2D eigenvalue weighted by Gasteiger charge is 2.31. The topological polar surface area (TPSA) is 217 Å². The van der Waals surface area contributed by atoms with Crippen LogP contribution in [-0.2, 0) is 30.4 Å². The first kappa shape index (κ1) is 29.9. The van der Waals surface area contributed by atoms with Crippen molar-refractivity contribution < 1.29 is 34.2 Å². The normalized spacial score (nSPS) is 14.4. The molecule has 0 aliphatic rings. The van der Waals surface area contributed by atoms with Crippen molar-refractivity contribution in [3.8, 4) is 0 Å². The van der Waals surface area contributed by atoms with Gasteiger partial charge in [0.15, 0.2) is 0 Å². The second-order valence-corrected chi connectivity index (χ2v) is 9.40. The van der Waals surface area contributed by atoms with Gasteiger partial charge in [-0.05, 0) is 30.8 Å². The zero-order chi connectivity index (χ0) is 26.5. The lowest BCUT2D eigenvalue weighted by Crippen LogP contribution is -2.58. The molecule has 13 nitrogen and oxygen atoms in total. The van der Waals surface area contributed by atoms with E-state index in [9.17, 15) is 29.1 Å². The molecule has 0 spiro atoms. The van der Waals surface area contributed by atoms with E-state index in [1.165, 1.54) is 24.3 Å². The van der Waals surface area contributed by atoms with Gasteiger partial charge in [-0.2, -0.15) is 11.8 Å². The van der Waals surface area contributed by atoms with Crippen LogP contribution in [-0.4, -0.2) is 86.0 Å². The van der Waals surface area contributed by atoms with E-state index in [0.29, 0.717) is 11.4 Å². The summed E-state index contributed by atoms with van der Waals surface area (Å²) in [6.07, 6.45) is 4.43. The number of thioether (sulfide) groups is 1. The molecule has 0 bridgehead atoms. The molecular formula is C21H34N6O7S. The van der Waals surface area contributed by atoms with E-state index >= 15 is 0 Å². The highest BCUT2D eigenvalue weighted by molar-refractivity contribution is 7.98. The maximum Gasteiger partial charge on any atom is 0.326 e. The van der Waals surface area contributed by atoms with E-state index in [2.05, 4.69) is 25.9 Å². The first-order valence-corrected chi connectivity index (χ1v) is 12.4. The van der Waals surface area contributed by atoms with Crippen LogP contribution in [0.4, 0.5) is 0 Å². The summed E-state index contributed by atoms with van der Waals surface area (Å²) in [7, 11) is 0. The summed E-state index contributed by atoms with van der Waals surface area (Å²) >= 11 is 1.44. The summed E-state index contributed by atoms with van der Waals surface area (Å²) in [5, 5.41) is 25.8. The monoisotopic (exact) mass is 514 g/mol. The van der Waals surface area contributed by atoms with Crippen LogP contribution in [0.5, 0.6) is 0 Å². The summed E-state index contributed by atoms with van der Waals surface area (Å²) in [6, 6.07) is -4.76. The largest absolute Gasteiger partial charge is 0.481 e. The molecule has 1 rings (SSSR count). The minimum absolute atomic E-state index is 0.0136. The zero-order valence-corrected chi connectivity index (χ0v) is 20.8. The van der Waals surface area contributed by atoms with Gasteiger partial charge in [0.05, 0.1) is 18.8 Å². The number of carbonyl (C=O) groups excluding carboxylic acids is 3. The highest BCUT2D eigenvalue weighted by Crippen LogP contribution is 2.08. The smallest absolute Gasteiger partial charge is 0.326 e. The molecule has 14 heteroatoms. The molecule has 0 aliphatic carbocycles. The van der Waals surface area contributed by atoms with Crippen molar-refractivity contribution in [2.24, 2.45) is 11.7 Å². The van der Waals surface area contributed by atoms with Crippen molar-refractivity contribution in [2.45, 2.75) is 63.7 Å². The number of aromatic amines is 1. The van der Waals surface area contributed by atoms with Gasteiger partial charge in [0, 0.05) is 18.3 Å². The average Bonchev–Trinajstić information content (AvgIpc) is 3.27. The number of imidazole rings is 1. The summed E-state index contributed by atoms with van der Waals surface area (Å²) in [6.45, 7) is 3.65. The summed E-state index contributed by atoms with van der Waals surface area (Å²) in [4.78, 5) is 67.5. The van der Waals surface area contributed by atoms with Crippen LogP contribution in [0.2, 0.25) is 0 Å². The van der Waals surface area contributed by atoms with E-state index in [1.54, 1.807) is 0 Å². The number of nitrogens with zero attached hydrogens (tertiary/aromatic N) is 1. The number of hydrogen-bond acceptors (Lipinski definition) is 8. The van der Waals surface area contributed by atoms with Gasteiger partial charge < -0.3 is 36.9 Å². The predicted octanol–water partition coefficient (Wildman–Crippen LogP) is -0.908. The molecule has 4 atom stereocenters. The number of carbonyl (C=O) groups is 5. The lowest BCUT2D eigenvalue weighted by atomic mass is 10.0. The number of amides is 3. The molecule has 0 saturated heterocycles. The molecule has 0 fully saturated rings. The lowest BCUT2D eigenvalue weighted by molar-refractivity contribution is -0.142. The van der Waals surface area contributed by atoms with E-state index in [1.807, 2.05) is 20.1 Å². The Balaban J connectivity index is 3.03. The number of aliphatic carboxylic acids is 2. The Morgan fingerprint density at radius 2 is 1.63 bits per heavy atom. The van der Waals surface area contributed by atoms with E-state index < -0.39 is 60.2 Å². The van der Waals surface area contributed by atoms with Crippen molar-refractivity contribution in [1.29, 1.82) is 0 Å². The predicted molar refractivity (Wildman–Crippen MR) is 128 cm³/mol. The first-order valence-electron chi connectivity index (χ1n) is 11.0. The van der Waals surface area contributed by atoms with Crippen LogP contribution in [0, 0.1) is 5.92 Å². The Hall–Kier alpha value is -3.13. The van der Waals surface area contributed by atoms with Gasteiger partial charge in [0.25, 0.3) is 0 Å². The quantitative estimate of drug-likeness (QED) is 0.144. The van der Waals surface area contributed by atoms with E-state index in [0.717, 1.165) is 0 Å². The fourth-order valence-electron chi connectivity index (χ4n) is 3.13. The number of aromatic nitrogens is 2. The molecule has 0 aliphatic heterocycles. The third kappa shape index (κ3) is 11.2. The zero-order valence-electron chi connectivity index (χ0n) is 19.9. The molecule has 35 heavy (non-hydrogen) atoms. The third-order valence-electron chi connectivity index (χ3n) is 4.91. The summed E-state index contributed by atoms with van der Waals surface area (Å²) in [5.41, 5.74) is 6.12. The maximum atomic E-state index is 13.1. The Bertz CT molecular complexity index is 864. The van der Waals surface area contributed by atoms with Crippen LogP contribution >= 0.6 is 11.8 Å². The molecule has 196 valence electrons. The van der Waals surface area contributed by atoms with Gasteiger partial charge in [-0.15, -0.1) is 0 Å². The summed E-state index contributed by atoms with van der Waals surface area (Å²) in [5.74, 6) is -4.16. The SMILES string of the molecule is CSCCC(NC(=O)C(Cc1cnc[nH]1)NC(=O)C(N)CC(=O)O)C(=O)NC(CC(C)C)C(=O)O. The van der Waals surface area contributed by atoms with Crippen LogP contribution in [0.1, 0.15) is 38.8 Å². The van der Waals surface area contributed by atoms with Crippen LogP contribution in [0.15, 0.2) is 12.5 Å². The van der Waals surface area contributed by atoms with Crippen molar-refractivity contribution in [3.05, 3.63) is 18.2 Å².